The molecule has 2 atom stereocenters. The zero-order valence-electron chi connectivity index (χ0n) is 17.4. The number of likely N-dealkylation sites (tertiary alicyclic amines) is 1. The maximum absolute atomic E-state index is 12.5. The van der Waals surface area contributed by atoms with Gasteiger partial charge in [-0.1, -0.05) is 38.8 Å². The van der Waals surface area contributed by atoms with E-state index in [-0.39, 0.29) is 17.4 Å². The molecule has 2 rings (SSSR count). The van der Waals surface area contributed by atoms with Crippen LogP contribution in [0.3, 0.4) is 0 Å². The van der Waals surface area contributed by atoms with Gasteiger partial charge in [0.1, 0.15) is 6.67 Å². The molecular formula is C21H33FN4O3. The summed E-state index contributed by atoms with van der Waals surface area (Å²) in [6.07, 6.45) is 6.66. The highest BCUT2D eigenvalue weighted by Crippen LogP contribution is 2.21. The molecule has 0 aliphatic carbocycles. The predicted octanol–water partition coefficient (Wildman–Crippen LogP) is 1.26. The van der Waals surface area contributed by atoms with Gasteiger partial charge < -0.3 is 15.3 Å². The smallest absolute Gasteiger partial charge is 0.223 e. The van der Waals surface area contributed by atoms with Crippen LogP contribution in [0.2, 0.25) is 0 Å². The Bertz CT molecular complexity index is 653. The topological polar surface area (TPSA) is 122 Å². The summed E-state index contributed by atoms with van der Waals surface area (Å²) >= 11 is 0. The zero-order chi connectivity index (χ0) is 22.4. The average molecular weight is 409 g/mol. The van der Waals surface area contributed by atoms with E-state index in [9.17, 15) is 19.1 Å². The van der Waals surface area contributed by atoms with Crippen molar-refractivity contribution in [2.24, 2.45) is 17.1 Å². The maximum Gasteiger partial charge on any atom is 0.223 e. The van der Waals surface area contributed by atoms with Gasteiger partial charge in [0.2, 0.25) is 12.3 Å². The van der Waals surface area contributed by atoms with Gasteiger partial charge in [0.05, 0.1) is 12.1 Å². The Morgan fingerprint density at radius 2 is 2.00 bits per heavy atom. The second kappa shape index (κ2) is 13.7. The van der Waals surface area contributed by atoms with Crippen LogP contribution in [0.25, 0.3) is 0 Å². The number of terminal acetylenes is 1. The number of aliphatic hydroxyl groups is 1. The second-order valence-electron chi connectivity index (χ2n) is 7.78. The molecule has 29 heavy (non-hydrogen) atoms. The van der Waals surface area contributed by atoms with Gasteiger partial charge in [-0.2, -0.15) is 0 Å². The summed E-state index contributed by atoms with van der Waals surface area (Å²) in [5.41, 5.74) is 1.49. The van der Waals surface area contributed by atoms with Crippen molar-refractivity contribution in [3.05, 3.63) is 35.4 Å². The molecular weight excluding hydrogens is 375 g/mol. The van der Waals surface area contributed by atoms with Crippen molar-refractivity contribution < 1.29 is 19.1 Å². The molecule has 1 aromatic rings. The molecule has 162 valence electrons. The van der Waals surface area contributed by atoms with Crippen LogP contribution in [0, 0.1) is 17.8 Å². The molecule has 0 saturated carbocycles. The van der Waals surface area contributed by atoms with E-state index in [1.54, 1.807) is 29.2 Å². The molecule has 7 nitrogen and oxygen atoms in total. The summed E-state index contributed by atoms with van der Waals surface area (Å²) in [6.45, 7) is 6.77. The molecule has 1 saturated heterocycles. The molecule has 2 unspecified atom stereocenters. The third-order valence-corrected chi connectivity index (χ3v) is 4.10. The summed E-state index contributed by atoms with van der Waals surface area (Å²) in [4.78, 5) is 23.5. The summed E-state index contributed by atoms with van der Waals surface area (Å²) < 4.78 is 12.5. The molecule has 0 radical (unpaired) electrons. The molecule has 1 fully saturated rings. The third kappa shape index (κ3) is 10.6. The fourth-order valence-electron chi connectivity index (χ4n) is 2.66. The first-order valence-electron chi connectivity index (χ1n) is 9.31. The number of halogens is 1. The number of aliphatic hydroxyl groups excluding tert-OH is 1. The van der Waals surface area contributed by atoms with Gasteiger partial charge in [0.15, 0.2) is 0 Å². The zero-order valence-corrected chi connectivity index (χ0v) is 17.4. The lowest BCUT2D eigenvalue weighted by Crippen LogP contribution is -2.32. The van der Waals surface area contributed by atoms with Crippen molar-refractivity contribution in [1.82, 2.24) is 10.2 Å². The number of benzene rings is 1. The Kier molecular flexibility index (Phi) is 12.5. The van der Waals surface area contributed by atoms with Crippen LogP contribution in [0.4, 0.5) is 4.39 Å². The van der Waals surface area contributed by atoms with Crippen LogP contribution in [-0.2, 0) is 9.59 Å². The molecule has 1 heterocycles. The van der Waals surface area contributed by atoms with E-state index in [1.165, 1.54) is 0 Å². The summed E-state index contributed by atoms with van der Waals surface area (Å²) in [5, 5.41) is 11.6. The van der Waals surface area contributed by atoms with E-state index in [1.807, 2.05) is 0 Å². The fourth-order valence-corrected chi connectivity index (χ4v) is 2.66. The van der Waals surface area contributed by atoms with Crippen molar-refractivity contribution in [2.75, 3.05) is 19.8 Å². The number of β-amino-alcohol motifs (C(OH)–C–C–N with tert-alkyl or cyclic N) is 1. The number of nitrogens with zero attached hydrogens (tertiary/aromatic N) is 1. The fraction of sp³-hybridized carbons (Fsp3) is 0.524. The number of hydrazine groups is 1. The molecule has 1 aromatic carbocycles. The minimum absolute atomic E-state index is 0.0463. The SMILES string of the molecule is C#Cc1ccc(C(CF)NC=O)cc1.CC(C)(C)CC(=O)N1CCC(O)C1.NN. The lowest BCUT2D eigenvalue weighted by Gasteiger charge is -2.22. The van der Waals surface area contributed by atoms with Crippen molar-refractivity contribution in [3.8, 4) is 12.3 Å². The number of carbonyl (C=O) groups excluding carboxylic acids is 2. The number of amides is 2. The molecule has 0 spiro atoms. The van der Waals surface area contributed by atoms with Crippen LogP contribution in [0.5, 0.6) is 0 Å². The van der Waals surface area contributed by atoms with E-state index in [4.69, 9.17) is 6.42 Å². The maximum atomic E-state index is 12.5. The first-order chi connectivity index (χ1) is 13.7. The highest BCUT2D eigenvalue weighted by molar-refractivity contribution is 5.77. The Morgan fingerprint density at radius 1 is 1.41 bits per heavy atom. The number of nitrogens with two attached hydrogens (primary N) is 2. The summed E-state index contributed by atoms with van der Waals surface area (Å²) in [7, 11) is 0. The first-order valence-corrected chi connectivity index (χ1v) is 9.31. The van der Waals surface area contributed by atoms with E-state index in [2.05, 4.69) is 43.7 Å². The quantitative estimate of drug-likeness (QED) is 0.253. The Labute approximate surface area is 172 Å². The number of nitrogens with one attached hydrogen (secondary N) is 1. The summed E-state index contributed by atoms with van der Waals surface area (Å²) in [5.74, 6) is 10.6. The molecule has 6 N–H and O–H groups in total. The third-order valence-electron chi connectivity index (χ3n) is 4.10. The molecule has 1 aliphatic rings. The van der Waals surface area contributed by atoms with Crippen LogP contribution < -0.4 is 17.0 Å². The minimum Gasteiger partial charge on any atom is -0.391 e. The number of alkyl halides is 1. The van der Waals surface area contributed by atoms with E-state index >= 15 is 0 Å². The van der Waals surface area contributed by atoms with Crippen LogP contribution in [0.1, 0.15) is 50.8 Å². The Morgan fingerprint density at radius 3 is 2.38 bits per heavy atom. The second-order valence-corrected chi connectivity index (χ2v) is 7.78. The van der Waals surface area contributed by atoms with Crippen molar-refractivity contribution in [3.63, 3.8) is 0 Å². The Balaban J connectivity index is 0.000000499. The molecule has 0 bridgehead atoms. The van der Waals surface area contributed by atoms with Crippen LogP contribution in [0.15, 0.2) is 24.3 Å². The number of carbonyl (C=O) groups is 2. The van der Waals surface area contributed by atoms with Gasteiger partial charge in [-0.25, -0.2) is 4.39 Å². The lowest BCUT2D eigenvalue weighted by molar-refractivity contribution is -0.132. The van der Waals surface area contributed by atoms with E-state index < -0.39 is 12.7 Å². The van der Waals surface area contributed by atoms with Crippen LogP contribution >= 0.6 is 0 Å². The normalized spacial score (nSPS) is 16.3. The van der Waals surface area contributed by atoms with Gasteiger partial charge in [-0.05, 0) is 29.5 Å². The van der Waals surface area contributed by atoms with E-state index in [0.717, 1.165) is 18.5 Å². The minimum atomic E-state index is -0.631. The van der Waals surface area contributed by atoms with Gasteiger partial charge in [0.25, 0.3) is 0 Å². The van der Waals surface area contributed by atoms with Crippen LogP contribution in [-0.4, -0.2) is 48.2 Å². The largest absolute Gasteiger partial charge is 0.391 e. The summed E-state index contributed by atoms with van der Waals surface area (Å²) in [6, 6.07) is 6.25. The highest BCUT2D eigenvalue weighted by Gasteiger charge is 2.27. The molecule has 1 aliphatic heterocycles. The van der Waals surface area contributed by atoms with Crippen molar-refractivity contribution in [1.29, 1.82) is 0 Å². The Hall–Kier alpha value is -2.47. The molecule has 2 amide bonds. The number of rotatable bonds is 5. The first kappa shape index (κ1) is 26.5. The van der Waals surface area contributed by atoms with Gasteiger partial charge in [-0.15, -0.1) is 6.42 Å². The standard InChI is InChI=1S/C11H10FNO.C10H19NO2.H4N2/c1-2-9-3-5-10(6-4-9)11(7-12)13-8-14;1-10(2,3)6-9(13)11-5-4-8(12)7-11;1-2/h1,3-6,8,11H,7H2,(H,13,14);8,12H,4-7H2,1-3H3;1-2H2. The highest BCUT2D eigenvalue weighted by atomic mass is 19.1. The predicted molar refractivity (Wildman–Crippen MR) is 112 cm³/mol. The average Bonchev–Trinajstić information content (AvgIpc) is 3.14. The molecule has 0 aromatic heterocycles. The van der Waals surface area contributed by atoms with Crippen molar-refractivity contribution >= 4 is 12.3 Å². The number of hydrogen-bond donors (Lipinski definition) is 4. The van der Waals surface area contributed by atoms with E-state index in [0.29, 0.717) is 24.9 Å². The monoisotopic (exact) mass is 408 g/mol. The van der Waals surface area contributed by atoms with Gasteiger partial charge in [0, 0.05) is 25.1 Å². The number of hydrogen-bond acceptors (Lipinski definition) is 5. The molecule has 8 heteroatoms. The van der Waals surface area contributed by atoms with Crippen molar-refractivity contribution in [2.45, 2.75) is 45.8 Å². The van der Waals surface area contributed by atoms with Gasteiger partial charge >= 0.3 is 0 Å². The van der Waals surface area contributed by atoms with Gasteiger partial charge in [-0.3, -0.25) is 21.3 Å². The lowest BCUT2D eigenvalue weighted by atomic mass is 9.92.